The molecule has 0 spiro atoms. The fourth-order valence-corrected chi connectivity index (χ4v) is 2.60. The summed E-state index contributed by atoms with van der Waals surface area (Å²) in [6.07, 6.45) is 0.781. The lowest BCUT2D eigenvalue weighted by Gasteiger charge is -2.51. The Morgan fingerprint density at radius 2 is 2.15 bits per heavy atom. The molecule has 0 saturated heterocycles. The van der Waals surface area contributed by atoms with Crippen LogP contribution in [-0.2, 0) is 0 Å². The standard InChI is InChI=1S/C14H20N2O4/c1-14(2)12(15-3)8-13(14)20-11-7-9(19-4)5-6-10(11)16(17)18/h5-7,12-13,15H,8H2,1-4H3. The van der Waals surface area contributed by atoms with Gasteiger partial charge in [-0.05, 0) is 13.1 Å². The summed E-state index contributed by atoms with van der Waals surface area (Å²) in [7, 11) is 3.44. The summed E-state index contributed by atoms with van der Waals surface area (Å²) < 4.78 is 11.0. The van der Waals surface area contributed by atoms with Crippen LogP contribution in [0.25, 0.3) is 0 Å². The van der Waals surface area contributed by atoms with Crippen LogP contribution >= 0.6 is 0 Å². The minimum atomic E-state index is -0.435. The zero-order valence-electron chi connectivity index (χ0n) is 12.2. The van der Waals surface area contributed by atoms with Gasteiger partial charge in [0.2, 0.25) is 5.75 Å². The number of ether oxygens (including phenoxy) is 2. The van der Waals surface area contributed by atoms with Crippen molar-refractivity contribution in [2.24, 2.45) is 5.41 Å². The summed E-state index contributed by atoms with van der Waals surface area (Å²) in [5, 5.41) is 14.3. The van der Waals surface area contributed by atoms with Crippen molar-refractivity contribution in [2.75, 3.05) is 14.2 Å². The van der Waals surface area contributed by atoms with Crippen molar-refractivity contribution in [3.05, 3.63) is 28.3 Å². The summed E-state index contributed by atoms with van der Waals surface area (Å²) in [6, 6.07) is 4.90. The molecule has 1 aromatic rings. The molecule has 6 nitrogen and oxygen atoms in total. The number of nitro benzene ring substituents is 1. The highest BCUT2D eigenvalue weighted by Crippen LogP contribution is 2.44. The van der Waals surface area contributed by atoms with E-state index in [0.29, 0.717) is 11.8 Å². The van der Waals surface area contributed by atoms with E-state index in [1.165, 1.54) is 13.2 Å². The molecule has 1 fully saturated rings. The molecular formula is C14H20N2O4. The van der Waals surface area contributed by atoms with E-state index in [0.717, 1.165) is 6.42 Å². The third-order valence-corrected chi connectivity index (χ3v) is 4.16. The lowest BCUT2D eigenvalue weighted by atomic mass is 9.64. The SMILES string of the molecule is CNC1CC(Oc2cc(OC)ccc2[N+](=O)[O-])C1(C)C. The number of hydrogen-bond donors (Lipinski definition) is 1. The fourth-order valence-electron chi connectivity index (χ4n) is 2.60. The molecule has 0 bridgehead atoms. The van der Waals surface area contributed by atoms with Crippen LogP contribution in [-0.4, -0.2) is 31.2 Å². The van der Waals surface area contributed by atoms with E-state index in [-0.39, 0.29) is 23.0 Å². The number of nitrogens with zero attached hydrogens (tertiary/aromatic N) is 1. The van der Waals surface area contributed by atoms with Crippen molar-refractivity contribution in [3.63, 3.8) is 0 Å². The fraction of sp³-hybridized carbons (Fsp3) is 0.571. The largest absolute Gasteiger partial charge is 0.497 e. The second-order valence-electron chi connectivity index (χ2n) is 5.60. The molecule has 1 N–H and O–H groups in total. The molecule has 1 saturated carbocycles. The molecule has 6 heteroatoms. The Balaban J connectivity index is 2.23. The van der Waals surface area contributed by atoms with E-state index in [9.17, 15) is 10.1 Å². The molecule has 20 heavy (non-hydrogen) atoms. The Hall–Kier alpha value is -1.82. The van der Waals surface area contributed by atoms with Crippen molar-refractivity contribution in [3.8, 4) is 11.5 Å². The van der Waals surface area contributed by atoms with E-state index in [4.69, 9.17) is 9.47 Å². The molecule has 0 aromatic heterocycles. The lowest BCUT2D eigenvalue weighted by molar-refractivity contribution is -0.386. The molecule has 2 unspecified atom stereocenters. The molecule has 110 valence electrons. The first kappa shape index (κ1) is 14.6. The minimum absolute atomic E-state index is 0.0329. The lowest BCUT2D eigenvalue weighted by Crippen LogP contribution is -2.61. The molecular weight excluding hydrogens is 260 g/mol. The first-order chi connectivity index (χ1) is 9.40. The van der Waals surface area contributed by atoms with Gasteiger partial charge in [0.15, 0.2) is 0 Å². The van der Waals surface area contributed by atoms with Crippen LogP contribution in [0.15, 0.2) is 18.2 Å². The van der Waals surface area contributed by atoms with Crippen LogP contribution in [0.4, 0.5) is 5.69 Å². The molecule has 0 aliphatic heterocycles. The van der Waals surface area contributed by atoms with Crippen molar-refractivity contribution < 1.29 is 14.4 Å². The van der Waals surface area contributed by atoms with Gasteiger partial charge in [-0.15, -0.1) is 0 Å². The van der Waals surface area contributed by atoms with E-state index in [1.54, 1.807) is 12.1 Å². The van der Waals surface area contributed by atoms with Crippen LogP contribution < -0.4 is 14.8 Å². The number of hydrogen-bond acceptors (Lipinski definition) is 5. The van der Waals surface area contributed by atoms with Gasteiger partial charge in [-0.1, -0.05) is 13.8 Å². The van der Waals surface area contributed by atoms with Crippen LogP contribution in [0.3, 0.4) is 0 Å². The van der Waals surface area contributed by atoms with E-state index < -0.39 is 4.92 Å². The van der Waals surface area contributed by atoms with Crippen molar-refractivity contribution in [1.82, 2.24) is 5.32 Å². The molecule has 0 radical (unpaired) electrons. The Kier molecular flexibility index (Phi) is 3.85. The van der Waals surface area contributed by atoms with E-state index in [2.05, 4.69) is 19.2 Å². The molecule has 0 amide bonds. The monoisotopic (exact) mass is 280 g/mol. The summed E-state index contributed by atoms with van der Waals surface area (Å²) in [4.78, 5) is 10.6. The highest BCUT2D eigenvalue weighted by Gasteiger charge is 2.49. The van der Waals surface area contributed by atoms with Gasteiger partial charge in [0, 0.05) is 30.0 Å². The maximum atomic E-state index is 11.1. The zero-order chi connectivity index (χ0) is 14.9. The van der Waals surface area contributed by atoms with Gasteiger partial charge >= 0.3 is 5.69 Å². The first-order valence-electron chi connectivity index (χ1n) is 6.56. The van der Waals surface area contributed by atoms with Gasteiger partial charge in [-0.3, -0.25) is 10.1 Å². The Labute approximate surface area is 118 Å². The molecule has 2 rings (SSSR count). The maximum Gasteiger partial charge on any atom is 0.311 e. The molecule has 1 aliphatic carbocycles. The highest BCUT2D eigenvalue weighted by atomic mass is 16.6. The van der Waals surface area contributed by atoms with Crippen LogP contribution in [0.1, 0.15) is 20.3 Å². The zero-order valence-corrected chi connectivity index (χ0v) is 12.2. The highest BCUT2D eigenvalue weighted by molar-refractivity contribution is 5.50. The van der Waals surface area contributed by atoms with E-state index in [1.807, 2.05) is 7.05 Å². The predicted octanol–water partition coefficient (Wildman–Crippen LogP) is 2.37. The van der Waals surface area contributed by atoms with Crippen molar-refractivity contribution in [2.45, 2.75) is 32.4 Å². The second-order valence-corrected chi connectivity index (χ2v) is 5.60. The van der Waals surface area contributed by atoms with Gasteiger partial charge in [0.1, 0.15) is 11.9 Å². The number of benzene rings is 1. The van der Waals surface area contributed by atoms with Gasteiger partial charge < -0.3 is 14.8 Å². The Morgan fingerprint density at radius 3 is 2.65 bits per heavy atom. The number of rotatable bonds is 5. The average molecular weight is 280 g/mol. The first-order valence-corrected chi connectivity index (χ1v) is 6.56. The normalized spacial score (nSPS) is 23.8. The minimum Gasteiger partial charge on any atom is -0.497 e. The quantitative estimate of drug-likeness (QED) is 0.662. The molecule has 2 atom stereocenters. The van der Waals surface area contributed by atoms with Gasteiger partial charge in [0.25, 0.3) is 0 Å². The third-order valence-electron chi connectivity index (χ3n) is 4.16. The molecule has 1 aromatic carbocycles. The van der Waals surface area contributed by atoms with Crippen LogP contribution in [0.5, 0.6) is 11.5 Å². The van der Waals surface area contributed by atoms with Crippen LogP contribution in [0.2, 0.25) is 0 Å². The Bertz CT molecular complexity index is 516. The third kappa shape index (κ3) is 2.43. The Morgan fingerprint density at radius 1 is 1.45 bits per heavy atom. The molecule has 0 heterocycles. The summed E-state index contributed by atoms with van der Waals surface area (Å²) in [5.41, 5.74) is -0.0967. The smallest absolute Gasteiger partial charge is 0.311 e. The topological polar surface area (TPSA) is 73.6 Å². The maximum absolute atomic E-state index is 11.1. The number of nitro groups is 1. The number of methoxy groups -OCH3 is 1. The van der Waals surface area contributed by atoms with Crippen molar-refractivity contribution >= 4 is 5.69 Å². The number of nitrogens with one attached hydrogen (secondary N) is 1. The summed E-state index contributed by atoms with van der Waals surface area (Å²) >= 11 is 0. The van der Waals surface area contributed by atoms with Gasteiger partial charge in [-0.25, -0.2) is 0 Å². The average Bonchev–Trinajstić information content (AvgIpc) is 2.42. The predicted molar refractivity (Wildman–Crippen MR) is 75.3 cm³/mol. The second kappa shape index (κ2) is 5.28. The summed E-state index contributed by atoms with van der Waals surface area (Å²) in [5.74, 6) is 0.815. The van der Waals surface area contributed by atoms with Crippen LogP contribution in [0, 0.1) is 15.5 Å². The van der Waals surface area contributed by atoms with Gasteiger partial charge in [-0.2, -0.15) is 0 Å². The van der Waals surface area contributed by atoms with Gasteiger partial charge in [0.05, 0.1) is 12.0 Å². The molecule has 1 aliphatic rings. The summed E-state index contributed by atoms with van der Waals surface area (Å²) in [6.45, 7) is 4.18. The van der Waals surface area contributed by atoms with E-state index >= 15 is 0 Å². The van der Waals surface area contributed by atoms with Crippen molar-refractivity contribution in [1.29, 1.82) is 0 Å².